The molecule has 0 aliphatic carbocycles. The first-order valence-corrected chi connectivity index (χ1v) is 4.14. The second kappa shape index (κ2) is 7.03. The molecule has 0 saturated carbocycles. The summed E-state index contributed by atoms with van der Waals surface area (Å²) in [7, 11) is 0. The minimum Gasteiger partial charge on any atom is -0.462 e. The van der Waals surface area contributed by atoms with Crippen molar-refractivity contribution in [3.05, 3.63) is 0 Å². The molecule has 0 radical (unpaired) electrons. The fourth-order valence-corrected chi connectivity index (χ4v) is 0.607. The first-order valence-electron chi connectivity index (χ1n) is 4.14. The van der Waals surface area contributed by atoms with Crippen molar-refractivity contribution in [3.8, 4) is 0 Å². The number of ether oxygens (including phenoxy) is 2. The molecule has 0 aromatic carbocycles. The molecule has 4 heteroatoms. The molecule has 12 heavy (non-hydrogen) atoms. The number of carbonyl (C=O) groups is 1. The van der Waals surface area contributed by atoms with Gasteiger partial charge in [0.1, 0.15) is 0 Å². The number of unbranched alkanes of at least 4 members (excludes halogenated alkanes) is 1. The van der Waals surface area contributed by atoms with Crippen LogP contribution in [0.4, 0.5) is 4.39 Å². The maximum Gasteiger partial charge on any atom is 0.368 e. The van der Waals surface area contributed by atoms with E-state index in [1.807, 2.05) is 6.92 Å². The number of carbonyl (C=O) groups excluding carboxylic acids is 1. The molecular weight excluding hydrogens is 163 g/mol. The van der Waals surface area contributed by atoms with Crippen LogP contribution in [0.25, 0.3) is 0 Å². The molecule has 1 atom stereocenters. The molecule has 0 N–H and O–H groups in total. The second-order valence-electron chi connectivity index (χ2n) is 2.29. The van der Waals surface area contributed by atoms with Crippen LogP contribution in [-0.4, -0.2) is 25.5 Å². The molecule has 0 amide bonds. The number of hydrogen-bond donors (Lipinski definition) is 0. The first kappa shape index (κ1) is 11.4. The summed E-state index contributed by atoms with van der Waals surface area (Å²) in [5.41, 5.74) is 0. The fraction of sp³-hybridized carbons (Fsp3) is 0.875. The lowest BCUT2D eigenvalue weighted by Crippen LogP contribution is -2.22. The van der Waals surface area contributed by atoms with Crippen molar-refractivity contribution in [2.75, 3.05) is 13.2 Å². The zero-order valence-electron chi connectivity index (χ0n) is 7.51. The van der Waals surface area contributed by atoms with E-state index in [4.69, 9.17) is 0 Å². The minimum atomic E-state index is -1.92. The molecule has 0 aromatic heterocycles. The van der Waals surface area contributed by atoms with Crippen LogP contribution in [0.2, 0.25) is 0 Å². The van der Waals surface area contributed by atoms with Gasteiger partial charge in [0, 0.05) is 0 Å². The highest BCUT2D eigenvalue weighted by atomic mass is 19.1. The van der Waals surface area contributed by atoms with Gasteiger partial charge in [-0.1, -0.05) is 13.3 Å². The van der Waals surface area contributed by atoms with Crippen LogP contribution in [-0.2, 0) is 14.3 Å². The number of hydrogen-bond acceptors (Lipinski definition) is 3. The molecule has 0 fully saturated rings. The van der Waals surface area contributed by atoms with Crippen molar-refractivity contribution in [1.82, 2.24) is 0 Å². The van der Waals surface area contributed by atoms with Gasteiger partial charge in [0.2, 0.25) is 0 Å². The third-order valence-electron chi connectivity index (χ3n) is 1.23. The predicted octanol–water partition coefficient (Wildman–Crippen LogP) is 1.66. The van der Waals surface area contributed by atoms with Crippen LogP contribution in [0.5, 0.6) is 0 Å². The highest BCUT2D eigenvalue weighted by Gasteiger charge is 2.17. The van der Waals surface area contributed by atoms with Gasteiger partial charge in [0.05, 0.1) is 13.2 Å². The Morgan fingerprint density at radius 3 is 2.67 bits per heavy atom. The van der Waals surface area contributed by atoms with E-state index in [-0.39, 0.29) is 13.2 Å². The number of esters is 1. The third-order valence-corrected chi connectivity index (χ3v) is 1.23. The zero-order valence-corrected chi connectivity index (χ0v) is 7.51. The van der Waals surface area contributed by atoms with Gasteiger partial charge in [-0.05, 0) is 13.3 Å². The van der Waals surface area contributed by atoms with E-state index in [1.165, 1.54) is 0 Å². The second-order valence-corrected chi connectivity index (χ2v) is 2.29. The van der Waals surface area contributed by atoms with E-state index in [2.05, 4.69) is 9.47 Å². The molecular formula is C8H15FO3. The zero-order chi connectivity index (χ0) is 9.40. The molecule has 0 bridgehead atoms. The molecule has 0 rings (SSSR count). The molecule has 0 spiro atoms. The van der Waals surface area contributed by atoms with Gasteiger partial charge in [-0.25, -0.2) is 9.18 Å². The Bertz CT molecular complexity index is 127. The molecule has 72 valence electrons. The van der Waals surface area contributed by atoms with Crippen molar-refractivity contribution in [1.29, 1.82) is 0 Å². The van der Waals surface area contributed by atoms with E-state index >= 15 is 0 Å². The van der Waals surface area contributed by atoms with Crippen molar-refractivity contribution >= 4 is 5.97 Å². The van der Waals surface area contributed by atoms with E-state index in [1.54, 1.807) is 6.92 Å². The van der Waals surface area contributed by atoms with Gasteiger partial charge in [-0.3, -0.25) is 0 Å². The highest BCUT2D eigenvalue weighted by Crippen LogP contribution is 1.99. The van der Waals surface area contributed by atoms with Crippen molar-refractivity contribution < 1.29 is 18.7 Å². The summed E-state index contributed by atoms with van der Waals surface area (Å²) in [5.74, 6) is -0.936. The summed E-state index contributed by atoms with van der Waals surface area (Å²) in [4.78, 5) is 10.6. The molecule has 3 nitrogen and oxygen atoms in total. The molecule has 0 heterocycles. The number of rotatable bonds is 6. The normalized spacial score (nSPS) is 12.6. The van der Waals surface area contributed by atoms with Crippen LogP contribution in [0.1, 0.15) is 26.7 Å². The molecule has 1 unspecified atom stereocenters. The van der Waals surface area contributed by atoms with Crippen molar-refractivity contribution in [2.24, 2.45) is 0 Å². The standard InChI is InChI=1S/C8H15FO3/c1-3-5-6-12-7(9)8(10)11-4-2/h7H,3-6H2,1-2H3. The third kappa shape index (κ3) is 5.07. The summed E-state index contributed by atoms with van der Waals surface area (Å²) in [6.45, 7) is 4.02. The van der Waals surface area contributed by atoms with Gasteiger partial charge >= 0.3 is 5.97 Å². The molecule has 0 aliphatic heterocycles. The summed E-state index contributed by atoms with van der Waals surface area (Å²) < 4.78 is 21.6. The smallest absolute Gasteiger partial charge is 0.368 e. The monoisotopic (exact) mass is 178 g/mol. The summed E-state index contributed by atoms with van der Waals surface area (Å²) in [5, 5.41) is 0. The Labute approximate surface area is 71.8 Å². The van der Waals surface area contributed by atoms with Gasteiger partial charge in [-0.15, -0.1) is 0 Å². The van der Waals surface area contributed by atoms with Crippen molar-refractivity contribution in [2.45, 2.75) is 33.0 Å². The van der Waals surface area contributed by atoms with Gasteiger partial charge < -0.3 is 9.47 Å². The van der Waals surface area contributed by atoms with Gasteiger partial charge in [0.25, 0.3) is 6.36 Å². The van der Waals surface area contributed by atoms with Gasteiger partial charge in [0.15, 0.2) is 0 Å². The summed E-state index contributed by atoms with van der Waals surface area (Å²) >= 11 is 0. The Balaban J connectivity index is 3.42. The molecule has 0 aliphatic rings. The lowest BCUT2D eigenvalue weighted by atomic mass is 10.4. The van der Waals surface area contributed by atoms with E-state index in [9.17, 15) is 9.18 Å². The maximum absolute atomic E-state index is 12.6. The van der Waals surface area contributed by atoms with Crippen LogP contribution >= 0.6 is 0 Å². The molecule has 0 saturated heterocycles. The van der Waals surface area contributed by atoms with E-state index in [0.717, 1.165) is 12.8 Å². The average Bonchev–Trinajstić information content (AvgIpc) is 2.05. The minimum absolute atomic E-state index is 0.177. The van der Waals surface area contributed by atoms with Crippen LogP contribution in [0.15, 0.2) is 0 Å². The van der Waals surface area contributed by atoms with E-state index < -0.39 is 12.3 Å². The van der Waals surface area contributed by atoms with Crippen LogP contribution in [0.3, 0.4) is 0 Å². The number of alkyl halides is 1. The van der Waals surface area contributed by atoms with Crippen LogP contribution < -0.4 is 0 Å². The first-order chi connectivity index (χ1) is 5.72. The lowest BCUT2D eigenvalue weighted by Gasteiger charge is -2.07. The Kier molecular flexibility index (Phi) is 6.66. The predicted molar refractivity (Wildman–Crippen MR) is 42.4 cm³/mol. The van der Waals surface area contributed by atoms with Gasteiger partial charge in [-0.2, -0.15) is 0 Å². The highest BCUT2D eigenvalue weighted by molar-refractivity contribution is 5.72. The summed E-state index contributed by atoms with van der Waals surface area (Å²) in [6, 6.07) is 0. The maximum atomic E-state index is 12.6. The lowest BCUT2D eigenvalue weighted by molar-refractivity contribution is -0.169. The van der Waals surface area contributed by atoms with Crippen LogP contribution in [0, 0.1) is 0 Å². The fourth-order valence-electron chi connectivity index (χ4n) is 0.607. The largest absolute Gasteiger partial charge is 0.462 e. The topological polar surface area (TPSA) is 35.5 Å². The van der Waals surface area contributed by atoms with Crippen molar-refractivity contribution in [3.63, 3.8) is 0 Å². The quantitative estimate of drug-likeness (QED) is 0.458. The Morgan fingerprint density at radius 1 is 1.50 bits per heavy atom. The number of halogens is 1. The Hall–Kier alpha value is -0.640. The molecule has 0 aromatic rings. The Morgan fingerprint density at radius 2 is 2.17 bits per heavy atom. The SMILES string of the molecule is CCCCOC(F)C(=O)OCC. The summed E-state index contributed by atoms with van der Waals surface area (Å²) in [6.07, 6.45) is -0.258. The average molecular weight is 178 g/mol. The van der Waals surface area contributed by atoms with E-state index in [0.29, 0.717) is 0 Å².